The summed E-state index contributed by atoms with van der Waals surface area (Å²) >= 11 is 0. The Balaban J connectivity index is 1.53. The molecular weight excluding hydrogens is 323 g/mol. The van der Waals surface area contributed by atoms with Crippen LogP contribution in [0.1, 0.15) is 72.3 Å². The van der Waals surface area contributed by atoms with Gasteiger partial charge < -0.3 is 14.4 Å². The van der Waals surface area contributed by atoms with E-state index in [1.807, 2.05) is 6.92 Å². The number of benzene rings is 1. The summed E-state index contributed by atoms with van der Waals surface area (Å²) in [5, 5.41) is 11.4. The lowest BCUT2D eigenvalue weighted by Crippen LogP contribution is -2.44. The Labute approximate surface area is 158 Å². The van der Waals surface area contributed by atoms with Crippen LogP contribution in [0, 0.1) is 17.8 Å². The first-order valence-corrected chi connectivity index (χ1v) is 10.3. The van der Waals surface area contributed by atoms with Gasteiger partial charge in [0, 0.05) is 0 Å². The maximum Gasteiger partial charge on any atom is 0.494 e. The summed E-state index contributed by atoms with van der Waals surface area (Å²) < 4.78 is 12.3. The molecule has 4 heteroatoms. The van der Waals surface area contributed by atoms with Gasteiger partial charge in [-0.15, -0.1) is 0 Å². The van der Waals surface area contributed by atoms with Crippen molar-refractivity contribution in [2.24, 2.45) is 17.8 Å². The Morgan fingerprint density at radius 1 is 0.962 bits per heavy atom. The molecule has 1 saturated heterocycles. The van der Waals surface area contributed by atoms with Gasteiger partial charge >= 0.3 is 7.12 Å². The lowest BCUT2D eigenvalue weighted by Gasteiger charge is -2.48. The van der Waals surface area contributed by atoms with Crippen molar-refractivity contribution in [2.45, 2.75) is 83.5 Å². The van der Waals surface area contributed by atoms with Gasteiger partial charge in [0.1, 0.15) is 0 Å². The molecule has 0 aromatic heterocycles. The van der Waals surface area contributed by atoms with Gasteiger partial charge in [0.2, 0.25) is 0 Å². The number of aliphatic hydroxyl groups is 1. The van der Waals surface area contributed by atoms with Crippen molar-refractivity contribution in [1.82, 2.24) is 0 Å². The average Bonchev–Trinajstić information content (AvgIpc) is 2.84. The molecule has 1 aliphatic heterocycles. The second-order valence-electron chi connectivity index (χ2n) is 9.98. The van der Waals surface area contributed by atoms with E-state index in [-0.39, 0.29) is 18.3 Å². The van der Waals surface area contributed by atoms with Gasteiger partial charge in [0.05, 0.1) is 16.8 Å². The van der Waals surface area contributed by atoms with Crippen LogP contribution in [-0.4, -0.2) is 23.4 Å². The molecule has 3 aliphatic carbocycles. The summed E-state index contributed by atoms with van der Waals surface area (Å²) in [6, 6.07) is 8.27. The molecule has 0 radical (unpaired) electrons. The van der Waals surface area contributed by atoms with Crippen LogP contribution in [0.5, 0.6) is 0 Å². The Bertz CT molecular complexity index is 640. The molecule has 4 fully saturated rings. The van der Waals surface area contributed by atoms with E-state index in [4.69, 9.17) is 9.31 Å². The minimum atomic E-state index is -0.752. The third-order valence-corrected chi connectivity index (χ3v) is 7.79. The molecule has 4 aliphatic rings. The second-order valence-corrected chi connectivity index (χ2v) is 9.98. The highest BCUT2D eigenvalue weighted by atomic mass is 16.7. The van der Waals surface area contributed by atoms with Gasteiger partial charge in [-0.05, 0) is 82.7 Å². The predicted molar refractivity (Wildman–Crippen MR) is 105 cm³/mol. The van der Waals surface area contributed by atoms with Gasteiger partial charge in [0.15, 0.2) is 0 Å². The van der Waals surface area contributed by atoms with Crippen molar-refractivity contribution in [3.05, 3.63) is 29.8 Å². The largest absolute Gasteiger partial charge is 0.494 e. The molecule has 26 heavy (non-hydrogen) atoms. The number of rotatable bonds is 3. The first-order chi connectivity index (χ1) is 12.1. The summed E-state index contributed by atoms with van der Waals surface area (Å²) in [6.45, 7) is 10.3. The van der Waals surface area contributed by atoms with Crippen molar-refractivity contribution < 1.29 is 14.4 Å². The molecule has 0 amide bonds. The highest BCUT2D eigenvalue weighted by Crippen LogP contribution is 2.51. The Kier molecular flexibility index (Phi) is 4.34. The molecule has 3 saturated carbocycles. The maximum atomic E-state index is 11.4. The lowest BCUT2D eigenvalue weighted by atomic mass is 9.59. The fraction of sp³-hybridized carbons (Fsp3) is 0.727. The third kappa shape index (κ3) is 2.94. The summed E-state index contributed by atoms with van der Waals surface area (Å²) in [4.78, 5) is 0. The third-order valence-electron chi connectivity index (χ3n) is 7.79. The van der Waals surface area contributed by atoms with Crippen molar-refractivity contribution in [3.8, 4) is 0 Å². The quantitative estimate of drug-likeness (QED) is 0.832. The summed E-state index contributed by atoms with van der Waals surface area (Å²) in [6.07, 6.45) is 6.47. The first kappa shape index (κ1) is 18.5. The van der Waals surface area contributed by atoms with Gasteiger partial charge in [-0.25, -0.2) is 0 Å². The smallest absolute Gasteiger partial charge is 0.399 e. The number of hydrogen-bond donors (Lipinski definition) is 1. The van der Waals surface area contributed by atoms with Crippen molar-refractivity contribution >= 4 is 12.6 Å². The van der Waals surface area contributed by atoms with Gasteiger partial charge in [-0.3, -0.25) is 0 Å². The Morgan fingerprint density at radius 3 is 1.96 bits per heavy atom. The number of hydrogen-bond acceptors (Lipinski definition) is 3. The van der Waals surface area contributed by atoms with Crippen LogP contribution in [0.15, 0.2) is 24.3 Å². The SMILES string of the molecule is CC(O)(c1ccc(B2OC(C)(C)C(C)(C)O2)cc1)C1CC2CCC1CC2. The van der Waals surface area contributed by atoms with Crippen LogP contribution in [0.3, 0.4) is 0 Å². The Morgan fingerprint density at radius 2 is 1.50 bits per heavy atom. The second kappa shape index (κ2) is 6.08. The monoisotopic (exact) mass is 356 g/mol. The summed E-state index contributed by atoms with van der Waals surface area (Å²) in [7, 11) is -0.343. The van der Waals surface area contributed by atoms with E-state index < -0.39 is 5.60 Å². The van der Waals surface area contributed by atoms with Crippen LogP contribution in [0.2, 0.25) is 0 Å². The minimum Gasteiger partial charge on any atom is -0.399 e. The lowest BCUT2D eigenvalue weighted by molar-refractivity contribution is -0.0791. The molecular formula is C22H33BO3. The average molecular weight is 356 g/mol. The topological polar surface area (TPSA) is 38.7 Å². The van der Waals surface area contributed by atoms with Crippen LogP contribution in [0.25, 0.3) is 0 Å². The van der Waals surface area contributed by atoms with Crippen molar-refractivity contribution in [2.75, 3.05) is 0 Å². The van der Waals surface area contributed by atoms with Gasteiger partial charge in [-0.2, -0.15) is 0 Å². The van der Waals surface area contributed by atoms with Gasteiger partial charge in [0.25, 0.3) is 0 Å². The van der Waals surface area contributed by atoms with E-state index in [1.54, 1.807) is 0 Å². The van der Waals surface area contributed by atoms with Crippen molar-refractivity contribution in [1.29, 1.82) is 0 Å². The molecule has 3 nitrogen and oxygen atoms in total. The zero-order valence-electron chi connectivity index (χ0n) is 16.9. The van der Waals surface area contributed by atoms with Gasteiger partial charge in [-0.1, -0.05) is 37.1 Å². The molecule has 2 unspecified atom stereocenters. The normalized spacial score (nSPS) is 34.7. The molecule has 1 heterocycles. The molecule has 2 atom stereocenters. The fourth-order valence-electron chi connectivity index (χ4n) is 5.24. The van der Waals surface area contributed by atoms with E-state index in [0.717, 1.165) is 16.9 Å². The minimum absolute atomic E-state index is 0.330. The molecule has 5 rings (SSSR count). The van der Waals surface area contributed by atoms with E-state index in [1.165, 1.54) is 32.1 Å². The molecule has 2 bridgehead atoms. The highest BCUT2D eigenvalue weighted by Gasteiger charge is 2.52. The molecule has 0 spiro atoms. The van der Waals surface area contributed by atoms with Crippen LogP contribution < -0.4 is 5.46 Å². The summed E-state index contributed by atoms with van der Waals surface area (Å²) in [5.74, 6) is 1.89. The fourth-order valence-corrected chi connectivity index (χ4v) is 5.24. The van der Waals surface area contributed by atoms with Crippen molar-refractivity contribution in [3.63, 3.8) is 0 Å². The molecule has 1 aromatic carbocycles. The molecule has 1 N–H and O–H groups in total. The molecule has 1 aromatic rings. The first-order valence-electron chi connectivity index (χ1n) is 10.3. The standard InChI is InChI=1S/C22H33BO3/c1-20(2)21(3,4)26-23(25-20)18-12-10-17(11-13-18)22(5,24)19-14-15-6-8-16(19)9-7-15/h10-13,15-16,19,24H,6-9,14H2,1-5H3. The maximum absolute atomic E-state index is 11.4. The van der Waals surface area contributed by atoms with Crippen LogP contribution in [-0.2, 0) is 14.9 Å². The zero-order valence-corrected chi connectivity index (χ0v) is 16.9. The van der Waals surface area contributed by atoms with Crippen LogP contribution in [0.4, 0.5) is 0 Å². The molecule has 142 valence electrons. The zero-order chi connectivity index (χ0) is 18.7. The van der Waals surface area contributed by atoms with E-state index in [9.17, 15) is 5.11 Å². The van der Waals surface area contributed by atoms with E-state index in [2.05, 4.69) is 52.0 Å². The summed E-state index contributed by atoms with van der Waals surface area (Å²) in [5.41, 5.74) is 0.633. The van der Waals surface area contributed by atoms with Crippen LogP contribution >= 0.6 is 0 Å². The Hall–Kier alpha value is -0.835. The number of fused-ring (bicyclic) bond motifs is 3. The van der Waals surface area contributed by atoms with E-state index in [0.29, 0.717) is 11.8 Å². The predicted octanol–water partition coefficient (Wildman–Crippen LogP) is 4.02. The highest BCUT2D eigenvalue weighted by molar-refractivity contribution is 6.62. The van der Waals surface area contributed by atoms with E-state index >= 15 is 0 Å².